The molecule has 0 saturated heterocycles. The van der Waals surface area contributed by atoms with Crippen LogP contribution in [-0.2, 0) is 21.5 Å². The molecule has 0 spiro atoms. The number of rotatable bonds is 5. The molecule has 2 aromatic rings. The Balaban J connectivity index is 1.83. The van der Waals surface area contributed by atoms with Gasteiger partial charge in [-0.1, -0.05) is 0 Å². The van der Waals surface area contributed by atoms with Gasteiger partial charge < -0.3 is 14.6 Å². The van der Waals surface area contributed by atoms with Gasteiger partial charge in [0.2, 0.25) is 11.8 Å². The summed E-state index contributed by atoms with van der Waals surface area (Å²) in [5.41, 5.74) is -0.899. The molecule has 0 aliphatic heterocycles. The Labute approximate surface area is 184 Å². The first-order valence-electron chi connectivity index (χ1n) is 10.8. The third-order valence-electron chi connectivity index (χ3n) is 5.38. The second-order valence-electron chi connectivity index (χ2n) is 10.4. The van der Waals surface area contributed by atoms with Crippen molar-refractivity contribution in [3.63, 3.8) is 0 Å². The molecule has 0 aromatic carbocycles. The first-order valence-corrected chi connectivity index (χ1v) is 10.8. The van der Waals surface area contributed by atoms with E-state index in [2.05, 4.69) is 15.1 Å². The summed E-state index contributed by atoms with van der Waals surface area (Å²) in [7, 11) is 0. The predicted octanol–water partition coefficient (Wildman–Crippen LogP) is 4.03. The first-order chi connectivity index (χ1) is 14.4. The molecule has 0 atom stereocenters. The van der Waals surface area contributed by atoms with Crippen LogP contribution in [0.25, 0.3) is 0 Å². The minimum atomic E-state index is -0.729. The Bertz CT molecular complexity index is 903. The molecule has 1 aliphatic carbocycles. The first kappa shape index (κ1) is 23.2. The van der Waals surface area contributed by atoms with Gasteiger partial charge in [0, 0.05) is 18.7 Å². The molecular weight excluding hydrogens is 396 g/mol. The standard InChI is InChI=1S/C23H34N4O4/c1-21(2,3)27-19(9-12-25-27)30-18-15-24-14-16(26-18)13-23(10-7-17(28)8-11-23)20(29)31-22(4,5)6/h9,12,14-15,17,28H,7-8,10-11,13H2,1-6H3. The van der Waals surface area contributed by atoms with Crippen molar-refractivity contribution in [1.29, 1.82) is 0 Å². The molecule has 0 bridgehead atoms. The number of esters is 1. The van der Waals surface area contributed by atoms with Crippen LogP contribution in [0.5, 0.6) is 11.8 Å². The van der Waals surface area contributed by atoms with E-state index in [-0.39, 0.29) is 17.6 Å². The lowest BCUT2D eigenvalue weighted by atomic mass is 9.70. The van der Waals surface area contributed by atoms with Crippen LogP contribution >= 0.6 is 0 Å². The Morgan fingerprint density at radius 1 is 1.19 bits per heavy atom. The number of hydrogen-bond acceptors (Lipinski definition) is 7. The summed E-state index contributed by atoms with van der Waals surface area (Å²) in [5, 5.41) is 14.3. The molecule has 0 radical (unpaired) electrons. The molecule has 1 N–H and O–H groups in total. The maximum Gasteiger partial charge on any atom is 0.312 e. The smallest absolute Gasteiger partial charge is 0.312 e. The van der Waals surface area contributed by atoms with E-state index >= 15 is 0 Å². The van der Waals surface area contributed by atoms with E-state index in [1.165, 1.54) is 0 Å². The summed E-state index contributed by atoms with van der Waals surface area (Å²) in [5.74, 6) is 0.672. The maximum atomic E-state index is 13.1. The number of hydrogen-bond donors (Lipinski definition) is 1. The average Bonchev–Trinajstić information content (AvgIpc) is 3.11. The minimum Gasteiger partial charge on any atom is -0.460 e. The zero-order chi connectivity index (χ0) is 22.9. The fraction of sp³-hybridized carbons (Fsp3) is 0.652. The van der Waals surface area contributed by atoms with Crippen LogP contribution in [0.4, 0.5) is 0 Å². The summed E-state index contributed by atoms with van der Waals surface area (Å²) in [6.45, 7) is 11.7. The fourth-order valence-electron chi connectivity index (χ4n) is 3.84. The van der Waals surface area contributed by atoms with E-state index < -0.39 is 11.0 Å². The highest BCUT2D eigenvalue weighted by atomic mass is 16.6. The van der Waals surface area contributed by atoms with Crippen molar-refractivity contribution in [1.82, 2.24) is 19.7 Å². The third-order valence-corrected chi connectivity index (χ3v) is 5.38. The molecule has 170 valence electrons. The van der Waals surface area contributed by atoms with E-state index in [0.717, 1.165) is 0 Å². The van der Waals surface area contributed by atoms with Crippen molar-refractivity contribution in [2.45, 2.75) is 90.9 Å². The summed E-state index contributed by atoms with van der Waals surface area (Å²) in [6, 6.07) is 1.78. The van der Waals surface area contributed by atoms with E-state index in [4.69, 9.17) is 9.47 Å². The number of carbonyl (C=O) groups is 1. The predicted molar refractivity (Wildman–Crippen MR) is 116 cm³/mol. The van der Waals surface area contributed by atoms with Crippen LogP contribution < -0.4 is 4.74 Å². The molecule has 1 fully saturated rings. The second kappa shape index (κ2) is 8.57. The van der Waals surface area contributed by atoms with Crippen LogP contribution in [0.15, 0.2) is 24.7 Å². The van der Waals surface area contributed by atoms with E-state index in [1.807, 2.05) is 41.5 Å². The van der Waals surface area contributed by atoms with Gasteiger partial charge in [-0.3, -0.25) is 9.78 Å². The van der Waals surface area contributed by atoms with Crippen LogP contribution in [-0.4, -0.2) is 42.5 Å². The summed E-state index contributed by atoms with van der Waals surface area (Å²) in [6.07, 6.45) is 7.12. The van der Waals surface area contributed by atoms with Gasteiger partial charge in [-0.25, -0.2) is 9.67 Å². The van der Waals surface area contributed by atoms with E-state index in [0.29, 0.717) is 49.6 Å². The molecule has 0 unspecified atom stereocenters. The lowest BCUT2D eigenvalue weighted by Gasteiger charge is -2.38. The van der Waals surface area contributed by atoms with Crippen LogP contribution in [0.2, 0.25) is 0 Å². The maximum absolute atomic E-state index is 13.1. The fourth-order valence-corrected chi connectivity index (χ4v) is 3.84. The number of aliphatic hydroxyl groups excluding tert-OH is 1. The lowest BCUT2D eigenvalue weighted by molar-refractivity contribution is -0.171. The van der Waals surface area contributed by atoms with Gasteiger partial charge in [0.25, 0.3) is 0 Å². The highest BCUT2D eigenvalue weighted by Crippen LogP contribution is 2.41. The molecule has 1 aliphatic rings. The normalized spacial score (nSPS) is 22.2. The van der Waals surface area contributed by atoms with Crippen molar-refractivity contribution < 1.29 is 19.4 Å². The second-order valence-corrected chi connectivity index (χ2v) is 10.4. The van der Waals surface area contributed by atoms with Gasteiger partial charge >= 0.3 is 5.97 Å². The van der Waals surface area contributed by atoms with E-state index in [9.17, 15) is 9.90 Å². The van der Waals surface area contributed by atoms with Crippen LogP contribution in [0.1, 0.15) is 72.9 Å². The van der Waals surface area contributed by atoms with E-state index in [1.54, 1.807) is 29.3 Å². The molecule has 3 rings (SSSR count). The summed E-state index contributed by atoms with van der Waals surface area (Å²) >= 11 is 0. The molecule has 2 aromatic heterocycles. The van der Waals surface area contributed by atoms with Crippen LogP contribution in [0.3, 0.4) is 0 Å². The van der Waals surface area contributed by atoms with Gasteiger partial charge in [0.1, 0.15) is 5.60 Å². The number of aliphatic hydroxyl groups is 1. The zero-order valence-electron chi connectivity index (χ0n) is 19.4. The number of ether oxygens (including phenoxy) is 2. The molecular formula is C23H34N4O4. The van der Waals surface area contributed by atoms with Gasteiger partial charge in [0.15, 0.2) is 0 Å². The molecule has 31 heavy (non-hydrogen) atoms. The Kier molecular flexibility index (Phi) is 6.41. The molecule has 1 saturated carbocycles. The summed E-state index contributed by atoms with van der Waals surface area (Å²) in [4.78, 5) is 22.0. The molecule has 0 amide bonds. The van der Waals surface area contributed by atoms with Gasteiger partial charge in [-0.15, -0.1) is 0 Å². The van der Waals surface area contributed by atoms with Gasteiger partial charge in [-0.05, 0) is 67.2 Å². The lowest BCUT2D eigenvalue weighted by Crippen LogP contribution is -2.43. The SMILES string of the molecule is CC(C)(C)OC(=O)C1(Cc2cncc(Oc3ccnn3C(C)(C)C)n2)CCC(O)CC1. The van der Waals surface area contributed by atoms with Gasteiger partial charge in [-0.2, -0.15) is 5.10 Å². The highest BCUT2D eigenvalue weighted by Gasteiger charge is 2.44. The highest BCUT2D eigenvalue weighted by molar-refractivity contribution is 5.77. The van der Waals surface area contributed by atoms with Crippen molar-refractivity contribution in [3.8, 4) is 11.8 Å². The summed E-state index contributed by atoms with van der Waals surface area (Å²) < 4.78 is 13.5. The van der Waals surface area contributed by atoms with Crippen LogP contribution in [0, 0.1) is 5.41 Å². The molecule has 8 nitrogen and oxygen atoms in total. The number of nitrogens with zero attached hydrogens (tertiary/aromatic N) is 4. The largest absolute Gasteiger partial charge is 0.460 e. The number of aromatic nitrogens is 4. The topological polar surface area (TPSA) is 99.4 Å². The average molecular weight is 431 g/mol. The van der Waals surface area contributed by atoms with Crippen molar-refractivity contribution >= 4 is 5.97 Å². The quantitative estimate of drug-likeness (QED) is 0.715. The van der Waals surface area contributed by atoms with Crippen molar-refractivity contribution in [2.24, 2.45) is 5.41 Å². The molecule has 2 heterocycles. The number of carbonyl (C=O) groups excluding carboxylic acids is 1. The molecule has 8 heteroatoms. The zero-order valence-corrected chi connectivity index (χ0v) is 19.4. The van der Waals surface area contributed by atoms with Gasteiger partial charge in [0.05, 0.1) is 35.1 Å². The monoisotopic (exact) mass is 430 g/mol. The van der Waals surface area contributed by atoms with Crippen molar-refractivity contribution in [2.75, 3.05) is 0 Å². The van der Waals surface area contributed by atoms with Crippen molar-refractivity contribution in [3.05, 3.63) is 30.4 Å². The third kappa shape index (κ3) is 5.81. The Morgan fingerprint density at radius 3 is 2.48 bits per heavy atom. The Hall–Kier alpha value is -2.48. The minimum absolute atomic E-state index is 0.242. The Morgan fingerprint density at radius 2 is 1.87 bits per heavy atom.